The number of nitrogens with zero attached hydrogens (tertiary/aromatic N) is 1. The van der Waals surface area contributed by atoms with Crippen LogP contribution < -0.4 is 5.32 Å². The Hall–Kier alpha value is -1.27. The molecule has 2 rings (SSSR count). The van der Waals surface area contributed by atoms with Crippen LogP contribution in [-0.4, -0.2) is 34.6 Å². The molecular formula is C13H17ClN2O3S. The highest BCUT2D eigenvalue weighted by atomic mass is 35.5. The minimum absolute atomic E-state index is 0.316. The summed E-state index contributed by atoms with van der Waals surface area (Å²) in [6.07, 6.45) is 3.19. The Balaban J connectivity index is 1.96. The fourth-order valence-corrected chi connectivity index (χ4v) is 3.35. The van der Waals surface area contributed by atoms with Crippen molar-refractivity contribution in [2.75, 3.05) is 6.54 Å². The Morgan fingerprint density at radius 2 is 2.20 bits per heavy atom. The summed E-state index contributed by atoms with van der Waals surface area (Å²) in [6, 6.07) is 2.60. The van der Waals surface area contributed by atoms with Crippen LogP contribution in [0.15, 0.2) is 12.1 Å². The molecule has 2 heterocycles. The molecule has 0 saturated carbocycles. The molecule has 1 aromatic rings. The first-order valence-electron chi connectivity index (χ1n) is 6.59. The average molecular weight is 317 g/mol. The molecule has 0 aromatic carbocycles. The van der Waals surface area contributed by atoms with Crippen molar-refractivity contribution in [1.29, 1.82) is 0 Å². The fraction of sp³-hybridized carbons (Fsp3) is 0.538. The molecule has 1 atom stereocenters. The maximum absolute atomic E-state index is 12.2. The minimum Gasteiger partial charge on any atom is -0.480 e. The van der Waals surface area contributed by atoms with Crippen molar-refractivity contribution >= 4 is 34.9 Å². The number of aliphatic carboxylic acids is 1. The van der Waals surface area contributed by atoms with E-state index in [0.29, 0.717) is 23.8 Å². The molecule has 1 saturated heterocycles. The lowest BCUT2D eigenvalue weighted by Crippen LogP contribution is -2.49. The Morgan fingerprint density at radius 3 is 2.85 bits per heavy atom. The van der Waals surface area contributed by atoms with E-state index in [1.165, 1.54) is 16.2 Å². The van der Waals surface area contributed by atoms with E-state index >= 15 is 0 Å². The van der Waals surface area contributed by atoms with E-state index in [1.807, 2.05) is 6.07 Å². The van der Waals surface area contributed by atoms with E-state index in [-0.39, 0.29) is 6.03 Å². The number of urea groups is 1. The van der Waals surface area contributed by atoms with Crippen molar-refractivity contribution in [3.8, 4) is 0 Å². The van der Waals surface area contributed by atoms with Gasteiger partial charge in [0.15, 0.2) is 0 Å². The molecule has 2 N–H and O–H groups in total. The van der Waals surface area contributed by atoms with Crippen molar-refractivity contribution in [1.82, 2.24) is 10.2 Å². The van der Waals surface area contributed by atoms with Crippen molar-refractivity contribution in [2.24, 2.45) is 0 Å². The van der Waals surface area contributed by atoms with Crippen LogP contribution in [0.3, 0.4) is 0 Å². The number of halogens is 1. The summed E-state index contributed by atoms with van der Waals surface area (Å²) in [5.74, 6) is -0.929. The number of hydrogen-bond acceptors (Lipinski definition) is 3. The van der Waals surface area contributed by atoms with E-state index in [9.17, 15) is 14.7 Å². The van der Waals surface area contributed by atoms with Crippen LogP contribution in [0.25, 0.3) is 0 Å². The topological polar surface area (TPSA) is 69.6 Å². The summed E-state index contributed by atoms with van der Waals surface area (Å²) in [6.45, 7) is 0.868. The molecular weight excluding hydrogens is 300 g/mol. The number of carbonyl (C=O) groups is 2. The van der Waals surface area contributed by atoms with E-state index in [0.717, 1.165) is 24.1 Å². The molecule has 1 unspecified atom stereocenters. The quantitative estimate of drug-likeness (QED) is 0.900. The second-order valence-corrected chi connectivity index (χ2v) is 6.56. The Kier molecular flexibility index (Phi) is 5.25. The number of amides is 2. The van der Waals surface area contributed by atoms with Gasteiger partial charge in [0.2, 0.25) is 0 Å². The van der Waals surface area contributed by atoms with Crippen molar-refractivity contribution in [2.45, 2.75) is 38.3 Å². The average Bonchev–Trinajstić information content (AvgIpc) is 2.68. The van der Waals surface area contributed by atoms with Gasteiger partial charge in [-0.2, -0.15) is 0 Å². The molecule has 2 amide bonds. The van der Waals surface area contributed by atoms with E-state index in [1.54, 1.807) is 6.07 Å². The maximum Gasteiger partial charge on any atom is 0.326 e. The summed E-state index contributed by atoms with van der Waals surface area (Å²) in [5, 5.41) is 12.0. The van der Waals surface area contributed by atoms with Gasteiger partial charge in [0.25, 0.3) is 0 Å². The maximum atomic E-state index is 12.2. The Morgan fingerprint density at radius 1 is 1.40 bits per heavy atom. The van der Waals surface area contributed by atoms with Crippen LogP contribution in [-0.2, 0) is 11.3 Å². The number of likely N-dealkylation sites (tertiary alicyclic amines) is 1. The second-order valence-electron chi connectivity index (χ2n) is 4.76. The van der Waals surface area contributed by atoms with E-state index in [4.69, 9.17) is 11.6 Å². The third-order valence-corrected chi connectivity index (χ3v) is 4.57. The predicted molar refractivity (Wildman–Crippen MR) is 78.2 cm³/mol. The number of carboxylic acid groups (broad SMARTS) is 1. The van der Waals surface area contributed by atoms with Gasteiger partial charge < -0.3 is 15.3 Å². The molecule has 20 heavy (non-hydrogen) atoms. The van der Waals surface area contributed by atoms with Gasteiger partial charge in [-0.05, 0) is 25.0 Å². The van der Waals surface area contributed by atoms with Gasteiger partial charge in [-0.3, -0.25) is 0 Å². The SMILES string of the molecule is O=C(O)C1CCCCCN1C(=O)NCc1ccc(Cl)s1. The van der Waals surface area contributed by atoms with Gasteiger partial charge in [0, 0.05) is 11.4 Å². The van der Waals surface area contributed by atoms with Crippen LogP contribution in [0, 0.1) is 0 Å². The van der Waals surface area contributed by atoms with E-state index < -0.39 is 12.0 Å². The second kappa shape index (κ2) is 6.95. The number of rotatable bonds is 3. The largest absolute Gasteiger partial charge is 0.480 e. The molecule has 7 heteroatoms. The molecule has 1 aliphatic heterocycles. The number of carboxylic acids is 1. The lowest BCUT2D eigenvalue weighted by Gasteiger charge is -2.26. The molecule has 1 aliphatic rings. The molecule has 5 nitrogen and oxygen atoms in total. The predicted octanol–water partition coefficient (Wildman–Crippen LogP) is 2.94. The molecule has 0 aliphatic carbocycles. The summed E-state index contributed by atoms with van der Waals surface area (Å²) >= 11 is 7.23. The summed E-state index contributed by atoms with van der Waals surface area (Å²) in [4.78, 5) is 25.8. The van der Waals surface area contributed by atoms with Gasteiger partial charge in [0.05, 0.1) is 10.9 Å². The first kappa shape index (κ1) is 15.1. The lowest BCUT2D eigenvalue weighted by molar-refractivity contribution is -0.142. The van der Waals surface area contributed by atoms with Gasteiger partial charge in [-0.15, -0.1) is 11.3 Å². The highest BCUT2D eigenvalue weighted by Crippen LogP contribution is 2.21. The van der Waals surface area contributed by atoms with Crippen molar-refractivity contribution in [3.05, 3.63) is 21.3 Å². The molecule has 110 valence electrons. The first-order valence-corrected chi connectivity index (χ1v) is 7.79. The van der Waals surface area contributed by atoms with E-state index in [2.05, 4.69) is 5.32 Å². The monoisotopic (exact) mass is 316 g/mol. The molecule has 0 spiro atoms. The first-order chi connectivity index (χ1) is 9.58. The molecule has 1 fully saturated rings. The molecule has 0 bridgehead atoms. The van der Waals surface area contributed by atoms with Gasteiger partial charge >= 0.3 is 12.0 Å². The van der Waals surface area contributed by atoms with Crippen molar-refractivity contribution < 1.29 is 14.7 Å². The van der Waals surface area contributed by atoms with Crippen LogP contribution in [0.5, 0.6) is 0 Å². The number of nitrogens with one attached hydrogen (secondary N) is 1. The summed E-state index contributed by atoms with van der Waals surface area (Å²) < 4.78 is 0.674. The smallest absolute Gasteiger partial charge is 0.326 e. The number of hydrogen-bond donors (Lipinski definition) is 2. The van der Waals surface area contributed by atoms with Crippen molar-refractivity contribution in [3.63, 3.8) is 0 Å². The molecule has 1 aromatic heterocycles. The molecule has 0 radical (unpaired) electrons. The highest BCUT2D eigenvalue weighted by molar-refractivity contribution is 7.16. The summed E-state index contributed by atoms with van der Waals surface area (Å²) in [5.41, 5.74) is 0. The lowest BCUT2D eigenvalue weighted by atomic mass is 10.1. The zero-order valence-corrected chi connectivity index (χ0v) is 12.5. The van der Waals surface area contributed by atoms with Gasteiger partial charge in [0.1, 0.15) is 6.04 Å². The van der Waals surface area contributed by atoms with Crippen LogP contribution in [0.4, 0.5) is 4.79 Å². The zero-order chi connectivity index (χ0) is 14.5. The van der Waals surface area contributed by atoms with Gasteiger partial charge in [-0.1, -0.05) is 24.4 Å². The third-order valence-electron chi connectivity index (χ3n) is 3.34. The van der Waals surface area contributed by atoms with Crippen LogP contribution in [0.1, 0.15) is 30.6 Å². The highest BCUT2D eigenvalue weighted by Gasteiger charge is 2.30. The normalized spacial score (nSPS) is 19.4. The standard InChI is InChI=1S/C13H17ClN2O3S/c14-11-6-5-9(20-11)8-15-13(19)16-7-3-1-2-4-10(16)12(17)18/h5-6,10H,1-4,7-8H2,(H,15,19)(H,17,18). The Labute approximate surface area is 126 Å². The van der Waals surface area contributed by atoms with Gasteiger partial charge in [-0.25, -0.2) is 9.59 Å². The van der Waals surface area contributed by atoms with Crippen LogP contribution in [0.2, 0.25) is 4.34 Å². The Bertz CT molecular complexity index is 492. The zero-order valence-electron chi connectivity index (χ0n) is 11.0. The third kappa shape index (κ3) is 3.86. The number of carbonyl (C=O) groups excluding carboxylic acids is 1. The summed E-state index contributed by atoms with van der Waals surface area (Å²) in [7, 11) is 0. The number of thiophene rings is 1. The minimum atomic E-state index is -0.929. The van der Waals surface area contributed by atoms with Crippen LogP contribution >= 0.6 is 22.9 Å². The fourth-order valence-electron chi connectivity index (χ4n) is 2.32.